The molecule has 5 rings (SSSR count). The van der Waals surface area contributed by atoms with Gasteiger partial charge in [0.05, 0.1) is 0 Å². The fraction of sp³-hybridized carbons (Fsp3) is 0.448. The smallest absolute Gasteiger partial charge is 0.328 e. The van der Waals surface area contributed by atoms with Gasteiger partial charge in [0.25, 0.3) is 0 Å². The maximum absolute atomic E-state index is 13.0. The van der Waals surface area contributed by atoms with Crippen LogP contribution in [0.1, 0.15) is 81.2 Å². The summed E-state index contributed by atoms with van der Waals surface area (Å²) in [6, 6.07) is 8.01. The van der Waals surface area contributed by atoms with Crippen molar-refractivity contribution in [3.05, 3.63) is 58.7 Å². The van der Waals surface area contributed by atoms with E-state index in [9.17, 15) is 24.9 Å². The van der Waals surface area contributed by atoms with Gasteiger partial charge in [0.15, 0.2) is 11.5 Å². The van der Waals surface area contributed by atoms with E-state index in [1.165, 1.54) is 18.2 Å². The van der Waals surface area contributed by atoms with E-state index in [1.807, 2.05) is 13.8 Å². The van der Waals surface area contributed by atoms with Crippen molar-refractivity contribution >= 4 is 18.0 Å². The molecule has 2 fully saturated rings. The number of aliphatic carboxylic acids is 1. The number of aliphatic hydroxyl groups excluding tert-OH is 1. The Hall–Kier alpha value is -3.52. The molecule has 0 radical (unpaired) electrons. The van der Waals surface area contributed by atoms with Crippen LogP contribution in [0.5, 0.6) is 17.2 Å². The summed E-state index contributed by atoms with van der Waals surface area (Å²) in [5.41, 5.74) is 1.06. The SMILES string of the molecule is CC(C)c1cc2c(c(O)c1O)[C@@]13CCCC(C)(C)[C@@H]1[C@@H](OC3=O)[C@@H]2O.O=C(O)C=Cc1ccc(O)cc1. The minimum Gasteiger partial charge on any atom is -0.508 e. The number of ether oxygens (including phenoxy) is 1. The standard InChI is InChI=1S/C20H26O5.C9H8O3/c1-9(2)10-8-11-12(15(23)13(10)21)20-7-5-6-19(3,4)17(20)16(14(11)22)25-18(20)24;10-8-4-1-7(2-5-8)3-6-9(11)12/h8-9,14,16-17,21-23H,5-7H2,1-4H3;1-6,10H,(H,11,12)/t14-,16+,17+,20+;/m1./s1. The van der Waals surface area contributed by atoms with Gasteiger partial charge < -0.3 is 30.3 Å². The van der Waals surface area contributed by atoms with Crippen molar-refractivity contribution in [2.45, 2.75) is 70.5 Å². The van der Waals surface area contributed by atoms with Crippen molar-refractivity contribution < 1.29 is 39.9 Å². The van der Waals surface area contributed by atoms with Crippen LogP contribution in [0, 0.1) is 11.3 Å². The maximum Gasteiger partial charge on any atom is 0.328 e. The molecule has 1 saturated carbocycles. The number of aromatic hydroxyl groups is 3. The molecule has 1 aliphatic heterocycles. The molecule has 37 heavy (non-hydrogen) atoms. The number of carbonyl (C=O) groups excluding carboxylic acids is 1. The second-order valence-electron chi connectivity index (χ2n) is 11.2. The Morgan fingerprint density at radius 2 is 1.73 bits per heavy atom. The predicted octanol–water partition coefficient (Wildman–Crippen LogP) is 4.75. The number of carboxylic acid groups (broad SMARTS) is 1. The summed E-state index contributed by atoms with van der Waals surface area (Å²) in [5.74, 6) is -1.86. The number of benzene rings is 2. The van der Waals surface area contributed by atoms with E-state index in [1.54, 1.807) is 18.2 Å². The van der Waals surface area contributed by atoms with Gasteiger partial charge >= 0.3 is 11.9 Å². The van der Waals surface area contributed by atoms with Crippen molar-refractivity contribution in [3.8, 4) is 17.2 Å². The van der Waals surface area contributed by atoms with Crippen molar-refractivity contribution in [3.63, 3.8) is 0 Å². The quantitative estimate of drug-likeness (QED) is 0.226. The van der Waals surface area contributed by atoms with Gasteiger partial charge in [0.2, 0.25) is 0 Å². The van der Waals surface area contributed by atoms with Crippen LogP contribution in [-0.4, -0.2) is 43.6 Å². The number of fused-ring (bicyclic) bond motifs is 1. The number of esters is 1. The van der Waals surface area contributed by atoms with Crippen molar-refractivity contribution in [1.29, 1.82) is 0 Å². The Labute approximate surface area is 215 Å². The molecule has 4 atom stereocenters. The lowest BCUT2D eigenvalue weighted by Gasteiger charge is -2.51. The first-order chi connectivity index (χ1) is 17.3. The third-order valence-electron chi connectivity index (χ3n) is 8.04. The summed E-state index contributed by atoms with van der Waals surface area (Å²) in [4.78, 5) is 23.1. The molecule has 3 aliphatic rings. The van der Waals surface area contributed by atoms with Crippen LogP contribution < -0.4 is 0 Å². The molecule has 2 aromatic carbocycles. The molecule has 1 saturated heterocycles. The Morgan fingerprint density at radius 1 is 1.08 bits per heavy atom. The number of hydrogen-bond donors (Lipinski definition) is 5. The molecule has 1 heterocycles. The Morgan fingerprint density at radius 3 is 2.32 bits per heavy atom. The van der Waals surface area contributed by atoms with Gasteiger partial charge in [-0.1, -0.05) is 46.2 Å². The topological polar surface area (TPSA) is 145 Å². The molecule has 8 nitrogen and oxygen atoms in total. The van der Waals surface area contributed by atoms with Crippen LogP contribution in [-0.2, 0) is 19.7 Å². The largest absolute Gasteiger partial charge is 0.508 e. The lowest BCUT2D eigenvalue weighted by Crippen LogP contribution is -2.54. The Kier molecular flexibility index (Phi) is 6.75. The van der Waals surface area contributed by atoms with Crippen LogP contribution in [0.3, 0.4) is 0 Å². The molecule has 2 aromatic rings. The van der Waals surface area contributed by atoms with Crippen molar-refractivity contribution in [1.82, 2.24) is 0 Å². The number of carbonyl (C=O) groups is 2. The van der Waals surface area contributed by atoms with Crippen LogP contribution in [0.15, 0.2) is 36.4 Å². The third kappa shape index (κ3) is 4.33. The average Bonchev–Trinajstić information content (AvgIpc) is 3.10. The summed E-state index contributed by atoms with van der Waals surface area (Å²) < 4.78 is 5.67. The second kappa shape index (κ2) is 9.41. The molecule has 2 bridgehead atoms. The van der Waals surface area contributed by atoms with Gasteiger partial charge in [-0.2, -0.15) is 0 Å². The first-order valence-corrected chi connectivity index (χ1v) is 12.5. The fourth-order valence-corrected chi connectivity index (χ4v) is 6.45. The highest BCUT2D eigenvalue weighted by Gasteiger charge is 2.70. The van der Waals surface area contributed by atoms with Gasteiger partial charge in [0.1, 0.15) is 23.4 Å². The summed E-state index contributed by atoms with van der Waals surface area (Å²) in [7, 11) is 0. The summed E-state index contributed by atoms with van der Waals surface area (Å²) >= 11 is 0. The van der Waals surface area contributed by atoms with E-state index in [-0.39, 0.29) is 40.5 Å². The summed E-state index contributed by atoms with van der Waals surface area (Å²) in [6.07, 6.45) is 3.27. The van der Waals surface area contributed by atoms with Gasteiger partial charge in [0, 0.05) is 23.1 Å². The third-order valence-corrected chi connectivity index (χ3v) is 8.04. The van der Waals surface area contributed by atoms with Crippen LogP contribution >= 0.6 is 0 Å². The molecule has 0 unspecified atom stereocenters. The van der Waals surface area contributed by atoms with E-state index in [4.69, 9.17) is 14.9 Å². The number of rotatable bonds is 3. The summed E-state index contributed by atoms with van der Waals surface area (Å²) in [5, 5.41) is 49.6. The van der Waals surface area contributed by atoms with E-state index in [2.05, 4.69) is 13.8 Å². The Balaban J connectivity index is 0.000000225. The zero-order chi connectivity index (χ0) is 27.3. The first kappa shape index (κ1) is 26.5. The highest BCUT2D eigenvalue weighted by atomic mass is 16.6. The lowest BCUT2D eigenvalue weighted by atomic mass is 9.49. The minimum absolute atomic E-state index is 0.0179. The number of phenols is 3. The molecule has 2 aliphatic carbocycles. The first-order valence-electron chi connectivity index (χ1n) is 12.5. The minimum atomic E-state index is -0.985. The lowest BCUT2D eigenvalue weighted by molar-refractivity contribution is -0.148. The molecule has 8 heteroatoms. The van der Waals surface area contributed by atoms with Crippen LogP contribution in [0.2, 0.25) is 0 Å². The van der Waals surface area contributed by atoms with Crippen LogP contribution in [0.25, 0.3) is 6.08 Å². The highest BCUT2D eigenvalue weighted by Crippen LogP contribution is 2.66. The van der Waals surface area contributed by atoms with Crippen molar-refractivity contribution in [2.75, 3.05) is 0 Å². The molecule has 5 N–H and O–H groups in total. The fourth-order valence-electron chi connectivity index (χ4n) is 6.45. The van der Waals surface area contributed by atoms with E-state index in [0.717, 1.165) is 24.5 Å². The van der Waals surface area contributed by atoms with Gasteiger partial charge in [-0.25, -0.2) is 4.79 Å². The molecular weight excluding hydrogens is 476 g/mol. The summed E-state index contributed by atoms with van der Waals surface area (Å²) in [6.45, 7) is 8.02. The van der Waals surface area contributed by atoms with Gasteiger partial charge in [-0.3, -0.25) is 4.79 Å². The second-order valence-corrected chi connectivity index (χ2v) is 11.2. The zero-order valence-electron chi connectivity index (χ0n) is 21.4. The number of hydrogen-bond acceptors (Lipinski definition) is 7. The molecule has 198 valence electrons. The molecular formula is C29H34O8. The normalized spacial score (nSPS) is 27.2. The van der Waals surface area contributed by atoms with E-state index >= 15 is 0 Å². The number of aliphatic hydroxyl groups is 1. The van der Waals surface area contributed by atoms with Gasteiger partial charge in [-0.05, 0) is 59.6 Å². The number of carboxylic acids is 1. The highest BCUT2D eigenvalue weighted by molar-refractivity contribution is 5.90. The zero-order valence-corrected chi connectivity index (χ0v) is 21.4. The van der Waals surface area contributed by atoms with Gasteiger partial charge in [-0.15, -0.1) is 0 Å². The molecule has 0 aromatic heterocycles. The van der Waals surface area contributed by atoms with Crippen LogP contribution in [0.4, 0.5) is 0 Å². The maximum atomic E-state index is 13.0. The Bertz CT molecular complexity index is 1240. The average molecular weight is 511 g/mol. The van der Waals surface area contributed by atoms with Crippen molar-refractivity contribution in [2.24, 2.45) is 11.3 Å². The van der Waals surface area contributed by atoms with E-state index in [0.29, 0.717) is 23.1 Å². The van der Waals surface area contributed by atoms with E-state index < -0.39 is 23.6 Å². The molecule has 0 amide bonds. The predicted molar refractivity (Wildman–Crippen MR) is 136 cm³/mol. The molecule has 0 spiro atoms. The number of phenolic OH excluding ortho intramolecular Hbond substituents is 3. The monoisotopic (exact) mass is 510 g/mol.